The zero-order valence-corrected chi connectivity index (χ0v) is 12.2. The topological polar surface area (TPSA) is 74.5 Å². The molecule has 0 fully saturated rings. The molecule has 0 amide bonds. The summed E-state index contributed by atoms with van der Waals surface area (Å²) in [5, 5.41) is 12.6. The third-order valence-corrected chi connectivity index (χ3v) is 3.83. The number of aryl methyl sites for hydroxylation is 3. The van der Waals surface area contributed by atoms with Crippen molar-refractivity contribution in [1.29, 1.82) is 0 Å². The Labute approximate surface area is 114 Å². The molecule has 0 aromatic carbocycles. The zero-order chi connectivity index (χ0) is 13.1. The molecule has 7 heteroatoms. The molecule has 98 valence electrons. The van der Waals surface area contributed by atoms with Gasteiger partial charge in [0.1, 0.15) is 0 Å². The van der Waals surface area contributed by atoms with Gasteiger partial charge in [0.2, 0.25) is 0 Å². The smallest absolute Gasteiger partial charge is 0.0857 e. The molecule has 6 nitrogen and oxygen atoms in total. The molecular formula is C11H17BrN6. The first-order chi connectivity index (χ1) is 8.61. The maximum atomic E-state index is 5.48. The molecule has 2 N–H and O–H groups in total. The van der Waals surface area contributed by atoms with Gasteiger partial charge in [0.05, 0.1) is 28.1 Å². The van der Waals surface area contributed by atoms with Crippen molar-refractivity contribution in [2.45, 2.75) is 26.3 Å². The largest absolute Gasteiger partial charge is 0.330 e. The fourth-order valence-electron chi connectivity index (χ4n) is 1.82. The predicted molar refractivity (Wildman–Crippen MR) is 72.1 cm³/mol. The van der Waals surface area contributed by atoms with Crippen molar-refractivity contribution in [2.75, 3.05) is 6.54 Å². The maximum Gasteiger partial charge on any atom is 0.0857 e. The molecule has 0 unspecified atom stereocenters. The molecule has 0 spiro atoms. The number of rotatable bonds is 5. The zero-order valence-electron chi connectivity index (χ0n) is 10.6. The third-order valence-electron chi connectivity index (χ3n) is 2.80. The van der Waals surface area contributed by atoms with E-state index in [0.29, 0.717) is 13.1 Å². The van der Waals surface area contributed by atoms with Crippen molar-refractivity contribution in [3.63, 3.8) is 0 Å². The van der Waals surface area contributed by atoms with E-state index in [2.05, 4.69) is 31.3 Å². The lowest BCUT2D eigenvalue weighted by atomic mass is 10.2. The van der Waals surface area contributed by atoms with Gasteiger partial charge < -0.3 is 5.73 Å². The molecule has 0 atom stereocenters. The molecule has 0 saturated carbocycles. The van der Waals surface area contributed by atoms with Gasteiger partial charge in [-0.1, -0.05) is 5.21 Å². The fraction of sp³-hybridized carbons (Fsp3) is 0.545. The van der Waals surface area contributed by atoms with Crippen molar-refractivity contribution >= 4 is 15.9 Å². The SMILES string of the molecule is Cc1nn(C)c(Cn2cc(CCCN)nn2)c1Br. The van der Waals surface area contributed by atoms with Crippen LogP contribution in [-0.2, 0) is 20.0 Å². The first-order valence-corrected chi connectivity index (χ1v) is 6.68. The van der Waals surface area contributed by atoms with Crippen molar-refractivity contribution in [2.24, 2.45) is 12.8 Å². The molecule has 0 saturated heterocycles. The normalized spacial score (nSPS) is 11.1. The van der Waals surface area contributed by atoms with E-state index in [1.54, 1.807) is 0 Å². The molecule has 2 heterocycles. The van der Waals surface area contributed by atoms with E-state index in [-0.39, 0.29) is 0 Å². The Kier molecular flexibility index (Phi) is 4.13. The van der Waals surface area contributed by atoms with E-state index in [0.717, 1.165) is 34.4 Å². The predicted octanol–water partition coefficient (Wildman–Crippen LogP) is 1.02. The highest BCUT2D eigenvalue weighted by Gasteiger charge is 2.11. The van der Waals surface area contributed by atoms with Crippen molar-refractivity contribution in [1.82, 2.24) is 24.8 Å². The Hall–Kier alpha value is -1.21. The highest BCUT2D eigenvalue weighted by atomic mass is 79.9. The van der Waals surface area contributed by atoms with E-state index in [9.17, 15) is 0 Å². The van der Waals surface area contributed by atoms with Gasteiger partial charge in [-0.15, -0.1) is 5.10 Å². The molecule has 0 aliphatic heterocycles. The molecule has 0 radical (unpaired) electrons. The maximum absolute atomic E-state index is 5.48. The Morgan fingerprint density at radius 3 is 2.83 bits per heavy atom. The molecule has 2 rings (SSSR count). The summed E-state index contributed by atoms with van der Waals surface area (Å²) < 4.78 is 4.72. The minimum atomic E-state index is 0.660. The van der Waals surface area contributed by atoms with Crippen LogP contribution in [0.25, 0.3) is 0 Å². The summed E-state index contributed by atoms with van der Waals surface area (Å²) in [6, 6.07) is 0. The summed E-state index contributed by atoms with van der Waals surface area (Å²) in [7, 11) is 1.93. The molecule has 2 aromatic rings. The molecule has 0 bridgehead atoms. The Bertz CT molecular complexity index is 530. The Morgan fingerprint density at radius 2 is 2.22 bits per heavy atom. The van der Waals surface area contributed by atoms with Crippen LogP contribution in [0.4, 0.5) is 0 Å². The number of hydrogen-bond acceptors (Lipinski definition) is 4. The third kappa shape index (κ3) is 2.78. The summed E-state index contributed by atoms with van der Waals surface area (Å²) >= 11 is 3.55. The number of hydrogen-bond donors (Lipinski definition) is 1. The van der Waals surface area contributed by atoms with E-state index in [1.807, 2.05) is 29.5 Å². The van der Waals surface area contributed by atoms with Crippen LogP contribution < -0.4 is 5.73 Å². The van der Waals surface area contributed by atoms with E-state index < -0.39 is 0 Å². The average molecular weight is 313 g/mol. The van der Waals surface area contributed by atoms with Gasteiger partial charge in [0.15, 0.2) is 0 Å². The molecular weight excluding hydrogens is 296 g/mol. The number of aromatic nitrogens is 5. The van der Waals surface area contributed by atoms with Gasteiger partial charge in [-0.25, -0.2) is 4.68 Å². The van der Waals surface area contributed by atoms with E-state index in [1.165, 1.54) is 0 Å². The monoisotopic (exact) mass is 312 g/mol. The van der Waals surface area contributed by atoms with Crippen molar-refractivity contribution in [3.8, 4) is 0 Å². The minimum absolute atomic E-state index is 0.660. The summed E-state index contributed by atoms with van der Waals surface area (Å²) in [5.41, 5.74) is 8.53. The number of halogens is 1. The standard InChI is InChI=1S/C11H17BrN6/c1-8-11(12)10(17(2)15-8)7-18-6-9(14-16-18)4-3-5-13/h6H,3-5,7,13H2,1-2H3. The summed E-state index contributed by atoms with van der Waals surface area (Å²) in [4.78, 5) is 0. The van der Waals surface area contributed by atoms with Crippen LogP contribution in [-0.4, -0.2) is 31.3 Å². The molecule has 2 aromatic heterocycles. The Morgan fingerprint density at radius 1 is 1.44 bits per heavy atom. The Balaban J connectivity index is 2.11. The van der Waals surface area contributed by atoms with Gasteiger partial charge in [-0.3, -0.25) is 4.68 Å². The van der Waals surface area contributed by atoms with Crippen molar-refractivity contribution in [3.05, 3.63) is 27.8 Å². The van der Waals surface area contributed by atoms with Crippen LogP contribution >= 0.6 is 15.9 Å². The second-order valence-electron chi connectivity index (χ2n) is 4.27. The fourth-order valence-corrected chi connectivity index (χ4v) is 2.28. The van der Waals surface area contributed by atoms with Crippen LogP contribution in [0.3, 0.4) is 0 Å². The number of nitrogens with two attached hydrogens (primary N) is 1. The highest BCUT2D eigenvalue weighted by molar-refractivity contribution is 9.10. The van der Waals surface area contributed by atoms with E-state index in [4.69, 9.17) is 5.73 Å². The van der Waals surface area contributed by atoms with Crippen LogP contribution in [0.15, 0.2) is 10.7 Å². The average Bonchev–Trinajstić information content (AvgIpc) is 2.88. The van der Waals surface area contributed by atoms with Gasteiger partial charge >= 0.3 is 0 Å². The molecule has 0 aliphatic carbocycles. The highest BCUT2D eigenvalue weighted by Crippen LogP contribution is 2.20. The summed E-state index contributed by atoms with van der Waals surface area (Å²) in [6.07, 6.45) is 3.78. The summed E-state index contributed by atoms with van der Waals surface area (Å²) in [6.45, 7) is 3.31. The molecule has 18 heavy (non-hydrogen) atoms. The van der Waals surface area contributed by atoms with Gasteiger partial charge in [-0.2, -0.15) is 5.10 Å². The molecule has 0 aliphatic rings. The van der Waals surface area contributed by atoms with Gasteiger partial charge in [0, 0.05) is 13.2 Å². The second-order valence-corrected chi connectivity index (χ2v) is 5.06. The first-order valence-electron chi connectivity index (χ1n) is 5.89. The van der Waals surface area contributed by atoms with Crippen LogP contribution in [0, 0.1) is 6.92 Å². The van der Waals surface area contributed by atoms with Gasteiger partial charge in [-0.05, 0) is 42.2 Å². The number of nitrogens with zero attached hydrogens (tertiary/aromatic N) is 5. The lowest BCUT2D eigenvalue weighted by Crippen LogP contribution is -2.06. The second kappa shape index (κ2) is 5.62. The lowest BCUT2D eigenvalue weighted by Gasteiger charge is -2.02. The minimum Gasteiger partial charge on any atom is -0.330 e. The van der Waals surface area contributed by atoms with Crippen molar-refractivity contribution < 1.29 is 0 Å². The van der Waals surface area contributed by atoms with Crippen LogP contribution in [0.5, 0.6) is 0 Å². The lowest BCUT2D eigenvalue weighted by molar-refractivity contribution is 0.597. The van der Waals surface area contributed by atoms with E-state index >= 15 is 0 Å². The van der Waals surface area contributed by atoms with Crippen LogP contribution in [0.1, 0.15) is 23.5 Å². The van der Waals surface area contributed by atoms with Crippen LogP contribution in [0.2, 0.25) is 0 Å². The first kappa shape index (κ1) is 13.2. The van der Waals surface area contributed by atoms with Gasteiger partial charge in [0.25, 0.3) is 0 Å². The summed E-state index contributed by atoms with van der Waals surface area (Å²) in [5.74, 6) is 0. The quantitative estimate of drug-likeness (QED) is 0.894.